The van der Waals surface area contributed by atoms with Gasteiger partial charge in [-0.2, -0.15) is 0 Å². The Hall–Kier alpha value is 0.451. The van der Waals surface area contributed by atoms with Gasteiger partial charge in [-0.15, -0.1) is 0 Å². The second-order valence-corrected chi connectivity index (χ2v) is 5.27. The minimum absolute atomic E-state index is 0. The Bertz CT molecular complexity index is 366. The second-order valence-electron chi connectivity index (χ2n) is 2.90. The van der Waals surface area contributed by atoms with Crippen LogP contribution >= 0.6 is 7.37 Å². The molecule has 0 spiro atoms. The average molecular weight is 354 g/mol. The SMILES string of the molecule is O=C(O)CCP(=O)(O)c1ccccc1.[BaH2]. The third-order valence-corrected chi connectivity index (χ3v) is 3.72. The van der Waals surface area contributed by atoms with Crippen LogP contribution in [-0.2, 0) is 9.36 Å². The quantitative estimate of drug-likeness (QED) is 0.597. The molecule has 0 amide bonds. The van der Waals surface area contributed by atoms with E-state index in [1.165, 1.54) is 12.1 Å². The third-order valence-electron chi connectivity index (χ3n) is 1.79. The Morgan fingerprint density at radius 3 is 2.27 bits per heavy atom. The van der Waals surface area contributed by atoms with Crippen LogP contribution in [0.25, 0.3) is 0 Å². The molecule has 6 heteroatoms. The van der Waals surface area contributed by atoms with Crippen LogP contribution in [0, 0.1) is 0 Å². The van der Waals surface area contributed by atoms with Crippen molar-refractivity contribution in [3.05, 3.63) is 30.3 Å². The Morgan fingerprint density at radius 2 is 1.80 bits per heavy atom. The normalized spacial score (nSPS) is 13.7. The van der Waals surface area contributed by atoms with Crippen LogP contribution in [0.15, 0.2) is 30.3 Å². The van der Waals surface area contributed by atoms with Gasteiger partial charge in [-0.25, -0.2) is 0 Å². The van der Waals surface area contributed by atoms with Crippen LogP contribution in [0.5, 0.6) is 0 Å². The van der Waals surface area contributed by atoms with Crippen LogP contribution < -0.4 is 5.30 Å². The first-order chi connectivity index (χ1) is 6.52. The molecule has 0 aromatic heterocycles. The first-order valence-electron chi connectivity index (χ1n) is 4.11. The van der Waals surface area contributed by atoms with Gasteiger partial charge in [-0.05, 0) is 12.1 Å². The van der Waals surface area contributed by atoms with Gasteiger partial charge in [0, 0.05) is 11.5 Å². The zero-order valence-electron chi connectivity index (χ0n) is 7.46. The second kappa shape index (κ2) is 6.91. The Balaban J connectivity index is 0.00000196. The number of hydrogen-bond donors (Lipinski definition) is 2. The van der Waals surface area contributed by atoms with Crippen LogP contribution in [0.2, 0.25) is 0 Å². The number of carboxylic acid groups (broad SMARTS) is 1. The molecule has 15 heavy (non-hydrogen) atoms. The summed E-state index contributed by atoms with van der Waals surface area (Å²) in [4.78, 5) is 19.8. The van der Waals surface area contributed by atoms with E-state index in [1.54, 1.807) is 18.2 Å². The summed E-state index contributed by atoms with van der Waals surface area (Å²) >= 11 is 0. The molecule has 4 nitrogen and oxygen atoms in total. The summed E-state index contributed by atoms with van der Waals surface area (Å²) in [5.41, 5.74) is 0. The van der Waals surface area contributed by atoms with E-state index >= 15 is 0 Å². The molecule has 80 valence electrons. The summed E-state index contributed by atoms with van der Waals surface area (Å²) in [7, 11) is -3.48. The molecule has 2 N–H and O–H groups in total. The van der Waals surface area contributed by atoms with E-state index in [0.717, 1.165) is 0 Å². The topological polar surface area (TPSA) is 74.6 Å². The van der Waals surface area contributed by atoms with E-state index in [2.05, 4.69) is 0 Å². The van der Waals surface area contributed by atoms with Crippen molar-refractivity contribution < 1.29 is 19.4 Å². The maximum absolute atomic E-state index is 11.6. The van der Waals surface area contributed by atoms with Crippen LogP contribution in [0.4, 0.5) is 0 Å². The standard InChI is InChI=1S/C9H11O4P.Ba.2H/c10-9(11)6-7-14(12,13)8-4-2-1-3-5-8;;;/h1-5H,6-7H2,(H,10,11)(H,12,13);;;. The van der Waals surface area contributed by atoms with Crippen LogP contribution in [0.1, 0.15) is 6.42 Å². The monoisotopic (exact) mass is 354 g/mol. The van der Waals surface area contributed by atoms with Crippen molar-refractivity contribution in [1.29, 1.82) is 0 Å². The molecule has 1 rings (SSSR count). The molecule has 1 aromatic carbocycles. The Labute approximate surface area is 128 Å². The molecule has 1 atom stereocenters. The fraction of sp³-hybridized carbons (Fsp3) is 0.222. The van der Waals surface area contributed by atoms with Crippen molar-refractivity contribution in [2.45, 2.75) is 6.42 Å². The molecule has 1 unspecified atom stereocenters. The predicted molar refractivity (Wildman–Crippen MR) is 61.6 cm³/mol. The van der Waals surface area contributed by atoms with Gasteiger partial charge >= 0.3 is 54.9 Å². The fourth-order valence-electron chi connectivity index (χ4n) is 1.04. The number of benzene rings is 1. The van der Waals surface area contributed by atoms with Crippen molar-refractivity contribution in [2.24, 2.45) is 0 Å². The van der Waals surface area contributed by atoms with Gasteiger partial charge in [0.05, 0.1) is 6.42 Å². The zero-order chi connectivity index (χ0) is 10.6. The van der Waals surface area contributed by atoms with E-state index in [-0.39, 0.29) is 61.5 Å². The van der Waals surface area contributed by atoms with Crippen molar-refractivity contribution in [3.8, 4) is 0 Å². The first-order valence-corrected chi connectivity index (χ1v) is 5.96. The molecule has 0 heterocycles. The summed E-state index contributed by atoms with van der Waals surface area (Å²) in [6.07, 6.45) is -0.505. The average Bonchev–Trinajstić information content (AvgIpc) is 2.16. The summed E-state index contributed by atoms with van der Waals surface area (Å²) in [5, 5.41) is 8.70. The summed E-state index contributed by atoms with van der Waals surface area (Å²) in [5.74, 6) is -1.06. The summed E-state index contributed by atoms with van der Waals surface area (Å²) in [6.45, 7) is 0. The van der Waals surface area contributed by atoms with Crippen molar-refractivity contribution in [1.82, 2.24) is 0 Å². The third kappa shape index (κ3) is 5.36. The first kappa shape index (κ1) is 15.5. The molecular formula is C9H13BaO4P. The van der Waals surface area contributed by atoms with Gasteiger partial charge in [-0.3, -0.25) is 9.36 Å². The summed E-state index contributed by atoms with van der Waals surface area (Å²) in [6, 6.07) is 8.10. The number of rotatable bonds is 4. The number of carboxylic acids is 1. The zero-order valence-corrected chi connectivity index (χ0v) is 8.35. The van der Waals surface area contributed by atoms with E-state index < -0.39 is 13.3 Å². The number of carbonyl (C=O) groups is 1. The maximum atomic E-state index is 11.6. The summed E-state index contributed by atoms with van der Waals surface area (Å²) < 4.78 is 11.6. The van der Waals surface area contributed by atoms with Gasteiger partial charge in [0.25, 0.3) is 0 Å². The Kier molecular flexibility index (Phi) is 7.12. The van der Waals surface area contributed by atoms with E-state index in [1.807, 2.05) is 0 Å². The molecular weight excluding hydrogens is 340 g/mol. The minimum atomic E-state index is -3.48. The Morgan fingerprint density at radius 1 is 1.27 bits per heavy atom. The van der Waals surface area contributed by atoms with Gasteiger partial charge in [0.1, 0.15) is 0 Å². The molecule has 0 aliphatic rings. The number of hydrogen-bond acceptors (Lipinski definition) is 2. The molecule has 0 fully saturated rings. The molecule has 1 aromatic rings. The fourth-order valence-corrected chi connectivity index (χ4v) is 2.43. The predicted octanol–water partition coefficient (Wildman–Crippen LogP) is 0.141. The van der Waals surface area contributed by atoms with E-state index in [9.17, 15) is 14.3 Å². The van der Waals surface area contributed by atoms with Gasteiger partial charge in [0.15, 0.2) is 0 Å². The van der Waals surface area contributed by atoms with Gasteiger partial charge in [-0.1, -0.05) is 18.2 Å². The van der Waals surface area contributed by atoms with Crippen molar-refractivity contribution >= 4 is 67.5 Å². The van der Waals surface area contributed by atoms with E-state index in [0.29, 0.717) is 5.30 Å². The van der Waals surface area contributed by atoms with Gasteiger partial charge < -0.3 is 10.00 Å². The molecule has 0 saturated carbocycles. The molecule has 0 radical (unpaired) electrons. The molecule has 0 aliphatic carbocycles. The molecule has 0 bridgehead atoms. The van der Waals surface area contributed by atoms with Crippen LogP contribution in [-0.4, -0.2) is 71.0 Å². The van der Waals surface area contributed by atoms with Gasteiger partial charge in [0.2, 0.25) is 7.37 Å². The van der Waals surface area contributed by atoms with Crippen molar-refractivity contribution in [3.63, 3.8) is 0 Å². The molecule has 0 aliphatic heterocycles. The van der Waals surface area contributed by atoms with Crippen LogP contribution in [0.3, 0.4) is 0 Å². The van der Waals surface area contributed by atoms with Crippen molar-refractivity contribution in [2.75, 3.05) is 6.16 Å². The molecule has 0 saturated heterocycles. The number of aliphatic carboxylic acids is 1. The van der Waals surface area contributed by atoms with E-state index in [4.69, 9.17) is 5.11 Å².